The molecule has 0 saturated carbocycles. The largest absolute Gasteiger partial charge is 0.321 e. The molecule has 11 nitrogen and oxygen atoms in total. The Hall–Kier alpha value is -4.62. The van der Waals surface area contributed by atoms with Crippen LogP contribution in [0.4, 0.5) is 4.39 Å². The van der Waals surface area contributed by atoms with Gasteiger partial charge in [0.05, 0.1) is 11.6 Å². The number of nitrogens with zero attached hydrogens (tertiary/aromatic N) is 6. The number of H-pyrrole nitrogens is 2. The summed E-state index contributed by atoms with van der Waals surface area (Å²) in [6, 6.07) is 8.03. The molecule has 6 aromatic rings. The van der Waals surface area contributed by atoms with E-state index in [1.807, 2.05) is 6.07 Å². The number of aromatic nitrogens is 8. The topological polar surface area (TPSA) is 155 Å². The Morgan fingerprint density at radius 3 is 2.62 bits per heavy atom. The van der Waals surface area contributed by atoms with Crippen molar-refractivity contribution in [3.05, 3.63) is 72.8 Å². The van der Waals surface area contributed by atoms with E-state index in [4.69, 9.17) is 4.98 Å². The maximum atomic E-state index is 14.5. The van der Waals surface area contributed by atoms with Gasteiger partial charge in [0.2, 0.25) is 10.0 Å². The average Bonchev–Trinajstić information content (AvgIpc) is 3.51. The monoisotopic (exact) mass is 515 g/mol. The average molecular weight is 516 g/mol. The van der Waals surface area contributed by atoms with Crippen molar-refractivity contribution < 1.29 is 12.8 Å². The summed E-state index contributed by atoms with van der Waals surface area (Å²) in [6.45, 7) is -0.0370. The zero-order valence-corrected chi connectivity index (χ0v) is 20.1. The molecule has 0 atom stereocenters. The number of halogens is 1. The highest BCUT2D eigenvalue weighted by Crippen LogP contribution is 2.32. The first-order chi connectivity index (χ1) is 17.8. The maximum absolute atomic E-state index is 14.5. The zero-order valence-electron chi connectivity index (χ0n) is 19.3. The Morgan fingerprint density at radius 2 is 1.81 bits per heavy atom. The second-order valence-corrected chi connectivity index (χ2v) is 10.2. The smallest absolute Gasteiger partial charge is 0.209 e. The number of sulfonamides is 1. The molecule has 6 rings (SSSR count). The summed E-state index contributed by atoms with van der Waals surface area (Å²) >= 11 is 0. The molecule has 0 unspecified atom stereocenters. The normalized spacial score (nSPS) is 11.9. The van der Waals surface area contributed by atoms with Crippen molar-refractivity contribution in [3.8, 4) is 33.8 Å². The predicted octanol–water partition coefficient (Wildman–Crippen LogP) is 3.21. The minimum absolute atomic E-state index is 0.0370. The Labute approximate surface area is 209 Å². The van der Waals surface area contributed by atoms with Crippen LogP contribution in [0.15, 0.2) is 61.4 Å². The molecule has 0 saturated heterocycles. The lowest BCUT2D eigenvalue weighted by atomic mass is 10.0. The molecule has 5 heterocycles. The molecule has 13 heteroatoms. The second kappa shape index (κ2) is 8.80. The number of pyridine rings is 2. The Kier molecular flexibility index (Phi) is 5.43. The van der Waals surface area contributed by atoms with Gasteiger partial charge in [-0.2, -0.15) is 5.10 Å². The fraction of sp³-hybridized carbons (Fsp3) is 0.0833. The van der Waals surface area contributed by atoms with Crippen LogP contribution in [0.2, 0.25) is 0 Å². The van der Waals surface area contributed by atoms with E-state index in [9.17, 15) is 12.8 Å². The van der Waals surface area contributed by atoms with Crippen molar-refractivity contribution in [2.24, 2.45) is 0 Å². The van der Waals surface area contributed by atoms with Gasteiger partial charge in [0, 0.05) is 48.0 Å². The summed E-state index contributed by atoms with van der Waals surface area (Å²) in [5, 5.41) is 8.06. The highest BCUT2D eigenvalue weighted by Gasteiger charge is 2.18. The van der Waals surface area contributed by atoms with Gasteiger partial charge in [0.25, 0.3) is 0 Å². The fourth-order valence-corrected chi connectivity index (χ4v) is 4.50. The molecular formula is C24H18FN9O2S. The van der Waals surface area contributed by atoms with Crippen LogP contribution >= 0.6 is 0 Å². The summed E-state index contributed by atoms with van der Waals surface area (Å²) in [5.74, 6) is -0.0369. The van der Waals surface area contributed by atoms with Crippen LogP contribution < -0.4 is 4.72 Å². The summed E-state index contributed by atoms with van der Waals surface area (Å²) in [6.07, 6.45) is 9.21. The van der Waals surface area contributed by atoms with E-state index in [0.29, 0.717) is 45.0 Å². The molecule has 1 aromatic carbocycles. The number of fused-ring (bicyclic) bond motifs is 2. The van der Waals surface area contributed by atoms with E-state index in [1.54, 1.807) is 36.9 Å². The standard InChI is InChI=1S/C24H18FN9O2S/c1-37(35,36)30-8-13-4-14(6-17(25)5-13)18-2-3-28-23-20(18)31-24(32-23)21-19-7-15(11-29-22(19)34-33-21)16-9-26-12-27-10-16/h2-7,9-12,30H,8H2,1H3,(H,28,31,32)(H,29,33,34). The van der Waals surface area contributed by atoms with Crippen LogP contribution in [-0.4, -0.2) is 54.8 Å². The van der Waals surface area contributed by atoms with Gasteiger partial charge in [-0.3, -0.25) is 5.10 Å². The van der Waals surface area contributed by atoms with E-state index in [2.05, 4.69) is 39.8 Å². The third-order valence-electron chi connectivity index (χ3n) is 5.73. The van der Waals surface area contributed by atoms with Crippen LogP contribution in [0, 0.1) is 5.82 Å². The summed E-state index contributed by atoms with van der Waals surface area (Å²) in [5.41, 5.74) is 5.41. The van der Waals surface area contributed by atoms with Crippen molar-refractivity contribution in [2.75, 3.05) is 6.26 Å². The molecule has 0 spiro atoms. The third-order valence-corrected chi connectivity index (χ3v) is 6.40. The van der Waals surface area contributed by atoms with Gasteiger partial charge in [-0.1, -0.05) is 0 Å². The van der Waals surface area contributed by atoms with Gasteiger partial charge in [0.15, 0.2) is 17.1 Å². The molecule has 5 aromatic heterocycles. The quantitative estimate of drug-likeness (QED) is 0.305. The Morgan fingerprint density at radius 1 is 0.973 bits per heavy atom. The lowest BCUT2D eigenvalue weighted by Crippen LogP contribution is -2.21. The van der Waals surface area contributed by atoms with Gasteiger partial charge >= 0.3 is 0 Å². The zero-order chi connectivity index (χ0) is 25.6. The van der Waals surface area contributed by atoms with E-state index >= 15 is 0 Å². The number of benzene rings is 1. The van der Waals surface area contributed by atoms with Gasteiger partial charge < -0.3 is 4.98 Å². The predicted molar refractivity (Wildman–Crippen MR) is 135 cm³/mol. The summed E-state index contributed by atoms with van der Waals surface area (Å²) in [4.78, 5) is 24.9. The van der Waals surface area contributed by atoms with Crippen molar-refractivity contribution >= 4 is 32.2 Å². The molecule has 0 amide bonds. The minimum Gasteiger partial charge on any atom is -0.321 e. The number of hydrogen-bond donors (Lipinski definition) is 3. The first-order valence-corrected chi connectivity index (χ1v) is 12.9. The number of imidazole rings is 1. The van der Waals surface area contributed by atoms with Crippen molar-refractivity contribution in [1.29, 1.82) is 0 Å². The summed E-state index contributed by atoms with van der Waals surface area (Å²) < 4.78 is 39.8. The van der Waals surface area contributed by atoms with Crippen molar-refractivity contribution in [1.82, 2.24) is 44.8 Å². The number of rotatable bonds is 6. The van der Waals surface area contributed by atoms with Crippen molar-refractivity contribution in [2.45, 2.75) is 6.54 Å². The molecule has 37 heavy (non-hydrogen) atoms. The minimum atomic E-state index is -3.43. The highest BCUT2D eigenvalue weighted by atomic mass is 32.2. The maximum Gasteiger partial charge on any atom is 0.209 e. The lowest BCUT2D eigenvalue weighted by molar-refractivity contribution is 0.586. The Balaban J connectivity index is 1.44. The molecule has 184 valence electrons. The van der Waals surface area contributed by atoms with Crippen LogP contribution in [0.1, 0.15) is 5.56 Å². The molecule has 0 aliphatic carbocycles. The molecule has 0 radical (unpaired) electrons. The first-order valence-electron chi connectivity index (χ1n) is 11.0. The molecule has 0 aliphatic heterocycles. The summed E-state index contributed by atoms with van der Waals surface area (Å²) in [7, 11) is -3.43. The van der Waals surface area contributed by atoms with Gasteiger partial charge in [-0.15, -0.1) is 0 Å². The van der Waals surface area contributed by atoms with Crippen LogP contribution in [0.3, 0.4) is 0 Å². The first kappa shape index (κ1) is 22.8. The van der Waals surface area contributed by atoms with Crippen LogP contribution in [-0.2, 0) is 16.6 Å². The molecule has 0 aliphatic rings. The Bertz CT molecular complexity index is 1890. The number of nitrogens with one attached hydrogen (secondary N) is 3. The third kappa shape index (κ3) is 4.52. The van der Waals surface area contributed by atoms with Crippen LogP contribution in [0.5, 0.6) is 0 Å². The van der Waals surface area contributed by atoms with Gasteiger partial charge in [-0.05, 0) is 41.5 Å². The van der Waals surface area contributed by atoms with E-state index in [0.717, 1.165) is 22.8 Å². The van der Waals surface area contributed by atoms with Gasteiger partial charge in [-0.25, -0.2) is 42.5 Å². The molecule has 3 N–H and O–H groups in total. The van der Waals surface area contributed by atoms with E-state index in [-0.39, 0.29) is 6.54 Å². The van der Waals surface area contributed by atoms with E-state index < -0.39 is 15.8 Å². The number of aromatic amines is 2. The second-order valence-electron chi connectivity index (χ2n) is 8.40. The lowest BCUT2D eigenvalue weighted by Gasteiger charge is -2.07. The SMILES string of the molecule is CS(=O)(=O)NCc1cc(F)cc(-c2ccnc3[nH]c(-c4n[nH]c5ncc(-c6cncnc6)cc45)nc23)c1. The van der Waals surface area contributed by atoms with E-state index in [1.165, 1.54) is 18.5 Å². The fourth-order valence-electron chi connectivity index (χ4n) is 4.07. The highest BCUT2D eigenvalue weighted by molar-refractivity contribution is 7.88. The molecule has 0 bridgehead atoms. The number of hydrogen-bond acceptors (Lipinski definition) is 8. The van der Waals surface area contributed by atoms with Crippen molar-refractivity contribution in [3.63, 3.8) is 0 Å². The van der Waals surface area contributed by atoms with Gasteiger partial charge in [0.1, 0.15) is 23.4 Å². The van der Waals surface area contributed by atoms with Crippen LogP contribution in [0.25, 0.3) is 56.0 Å². The molecular weight excluding hydrogens is 497 g/mol. The molecule has 0 fully saturated rings.